The Labute approximate surface area is 395 Å². The summed E-state index contributed by atoms with van der Waals surface area (Å²) in [5.41, 5.74) is 1.21. The molecule has 0 saturated carbocycles. The Bertz CT molecular complexity index is 1430. The number of nitrogens with zero attached hydrogens (tertiary/aromatic N) is 1. The third-order valence-corrected chi connectivity index (χ3v) is 15.3. The summed E-state index contributed by atoms with van der Waals surface area (Å²) in [6.45, 7) is 68.1. The van der Waals surface area contributed by atoms with Gasteiger partial charge in [-0.05, 0) is 124 Å². The van der Waals surface area contributed by atoms with Gasteiger partial charge < -0.3 is 14.4 Å². The van der Waals surface area contributed by atoms with Crippen LogP contribution in [0.5, 0.6) is 0 Å². The highest BCUT2D eigenvalue weighted by atomic mass is 16.5. The van der Waals surface area contributed by atoms with Gasteiger partial charge in [0, 0.05) is 18.8 Å². The topological polar surface area (TPSA) is 55.8 Å². The molecule has 0 aliphatic rings. The van der Waals surface area contributed by atoms with E-state index in [4.69, 9.17) is 9.47 Å². The molecule has 5 heteroatoms. The summed E-state index contributed by atoms with van der Waals surface area (Å²) in [6.07, 6.45) is 10.1. The lowest BCUT2D eigenvalue weighted by molar-refractivity contribution is -0.158. The summed E-state index contributed by atoms with van der Waals surface area (Å²) < 4.78 is 13.0. The van der Waals surface area contributed by atoms with Crippen LogP contribution in [0, 0.1) is 59.6 Å². The second-order valence-electron chi connectivity index (χ2n) is 30.3. The number of hydrogen-bond donors (Lipinski definition) is 0. The van der Waals surface area contributed by atoms with Gasteiger partial charge in [0.05, 0.1) is 12.8 Å². The number of carbonyl (C=O) groups excluding carboxylic acids is 2. The van der Waals surface area contributed by atoms with Gasteiger partial charge in [0.15, 0.2) is 0 Å². The molecule has 0 aromatic rings. The molecule has 0 aliphatic heterocycles. The molecule has 0 amide bonds. The van der Waals surface area contributed by atoms with Crippen molar-refractivity contribution >= 4 is 11.9 Å². The van der Waals surface area contributed by atoms with Crippen LogP contribution in [0.2, 0.25) is 0 Å². The van der Waals surface area contributed by atoms with Crippen LogP contribution in [0.25, 0.3) is 0 Å². The fourth-order valence-electron chi connectivity index (χ4n) is 10.8. The van der Waals surface area contributed by atoms with E-state index in [1.165, 1.54) is 0 Å². The van der Waals surface area contributed by atoms with Gasteiger partial charge in [0.1, 0.15) is 12.2 Å². The van der Waals surface area contributed by atoms with E-state index in [0.717, 1.165) is 83.0 Å². The van der Waals surface area contributed by atoms with Crippen LogP contribution in [-0.4, -0.2) is 42.1 Å². The van der Waals surface area contributed by atoms with E-state index < -0.39 is 0 Å². The molecule has 0 radical (unpaired) electrons. The van der Waals surface area contributed by atoms with Gasteiger partial charge in [-0.25, -0.2) is 0 Å². The maximum Gasteiger partial charge on any atom is 0.306 e. The lowest BCUT2D eigenvalue weighted by Gasteiger charge is -2.44. The van der Waals surface area contributed by atoms with Crippen molar-refractivity contribution in [1.29, 1.82) is 0 Å². The number of carbonyl (C=O) groups is 2. The molecule has 0 rings (SSSR count). The molecule has 0 bridgehead atoms. The summed E-state index contributed by atoms with van der Waals surface area (Å²) in [5.74, 6) is -0.144. The van der Waals surface area contributed by atoms with Crippen LogP contribution in [0.4, 0.5) is 0 Å². The molecule has 63 heavy (non-hydrogen) atoms. The van der Waals surface area contributed by atoms with Gasteiger partial charge in [-0.3, -0.25) is 9.59 Å². The Morgan fingerprint density at radius 3 is 1.22 bits per heavy atom. The third-order valence-electron chi connectivity index (χ3n) is 15.3. The van der Waals surface area contributed by atoms with Crippen molar-refractivity contribution in [2.24, 2.45) is 59.6 Å². The molecule has 0 saturated heterocycles. The minimum Gasteiger partial charge on any atom is -0.462 e. The highest BCUT2D eigenvalue weighted by Crippen LogP contribution is 2.48. The second-order valence-corrected chi connectivity index (χ2v) is 30.3. The average Bonchev–Trinajstić information content (AvgIpc) is 2.95. The molecular weight excluding hydrogens is 775 g/mol. The fourth-order valence-corrected chi connectivity index (χ4v) is 10.8. The SMILES string of the molecule is C=C(C)N(CCC(C)(C)CC(C)(C)CC(=O)OC(CC(C)(C)CC(C)(C)C)CC(C)(C)C(C)(C)C)CCC(C)(C)C(C)(C)CC(=O)OC(CC(C)(C)CC)CC(C)(C)CC(C)(C)C. The maximum absolute atomic E-state index is 13.9. The summed E-state index contributed by atoms with van der Waals surface area (Å²) >= 11 is 0. The number of hydrogen-bond acceptors (Lipinski definition) is 5. The largest absolute Gasteiger partial charge is 0.462 e. The van der Waals surface area contributed by atoms with Gasteiger partial charge in [0.2, 0.25) is 0 Å². The number of rotatable bonds is 27. The van der Waals surface area contributed by atoms with Crippen molar-refractivity contribution in [3.8, 4) is 0 Å². The van der Waals surface area contributed by atoms with E-state index in [2.05, 4.69) is 198 Å². The normalized spacial score (nSPS) is 15.5. The lowest BCUT2D eigenvalue weighted by Crippen LogP contribution is -2.40. The molecule has 0 aromatic heterocycles. The fraction of sp³-hybridized carbons (Fsp3) is 0.931. The summed E-state index contributed by atoms with van der Waals surface area (Å²) in [5, 5.41) is 0. The second kappa shape index (κ2) is 22.1. The van der Waals surface area contributed by atoms with Gasteiger partial charge in [0.25, 0.3) is 0 Å². The van der Waals surface area contributed by atoms with Crippen LogP contribution < -0.4 is 0 Å². The Morgan fingerprint density at radius 1 is 0.460 bits per heavy atom. The number of esters is 2. The first-order valence-electron chi connectivity index (χ1n) is 25.3. The molecule has 0 aliphatic carbocycles. The predicted octanol–water partition coefficient (Wildman–Crippen LogP) is 17.7. The van der Waals surface area contributed by atoms with Gasteiger partial charge in [-0.15, -0.1) is 0 Å². The van der Waals surface area contributed by atoms with E-state index in [0.29, 0.717) is 12.8 Å². The van der Waals surface area contributed by atoms with Crippen LogP contribution in [0.1, 0.15) is 264 Å². The molecule has 374 valence electrons. The maximum atomic E-state index is 13.9. The van der Waals surface area contributed by atoms with Gasteiger partial charge in [-0.2, -0.15) is 0 Å². The zero-order valence-electron chi connectivity index (χ0n) is 47.8. The van der Waals surface area contributed by atoms with Crippen molar-refractivity contribution in [2.45, 2.75) is 276 Å². The van der Waals surface area contributed by atoms with Crippen molar-refractivity contribution in [3.05, 3.63) is 12.3 Å². The molecule has 0 heterocycles. The molecule has 2 atom stereocenters. The standard InChI is InChI=1S/C58H113NO4/c1-29-51(13,14)34-44(35-53(17,18)40-48(4,5)6)62-47(61)39-58(27,28)56(23,24)31-33-59(43(2)3)32-30-52(15,16)42-55(21,22)38-46(60)63-45(37-57(25,26)50(10,11)12)36-54(19,20)41-49(7,8)9/h44-45H,2,29-42H2,1,3-28H3. The van der Waals surface area contributed by atoms with Crippen LogP contribution in [0.15, 0.2) is 12.3 Å². The van der Waals surface area contributed by atoms with Crippen molar-refractivity contribution in [2.75, 3.05) is 13.1 Å². The van der Waals surface area contributed by atoms with Gasteiger partial charge in [-0.1, -0.05) is 193 Å². The molecule has 0 fully saturated rings. The first-order chi connectivity index (χ1) is 27.6. The molecule has 0 aromatic carbocycles. The van der Waals surface area contributed by atoms with Crippen LogP contribution >= 0.6 is 0 Å². The number of allylic oxidation sites excluding steroid dienone is 1. The highest BCUT2D eigenvalue weighted by Gasteiger charge is 2.42. The summed E-state index contributed by atoms with van der Waals surface area (Å²) in [4.78, 5) is 30.2. The van der Waals surface area contributed by atoms with Crippen LogP contribution in [0.3, 0.4) is 0 Å². The molecule has 0 N–H and O–H groups in total. The molecular formula is C58H113NO4. The van der Waals surface area contributed by atoms with Gasteiger partial charge >= 0.3 is 11.9 Å². The predicted molar refractivity (Wildman–Crippen MR) is 276 cm³/mol. The van der Waals surface area contributed by atoms with Crippen molar-refractivity contribution < 1.29 is 19.1 Å². The monoisotopic (exact) mass is 888 g/mol. The van der Waals surface area contributed by atoms with E-state index in [1.807, 2.05) is 0 Å². The Hall–Kier alpha value is -1.52. The van der Waals surface area contributed by atoms with Crippen molar-refractivity contribution in [1.82, 2.24) is 4.90 Å². The minimum atomic E-state index is -0.266. The minimum absolute atomic E-state index is 0.00266. The van der Waals surface area contributed by atoms with E-state index in [9.17, 15) is 9.59 Å². The third kappa shape index (κ3) is 24.7. The first-order valence-corrected chi connectivity index (χ1v) is 25.3. The molecule has 0 spiro atoms. The summed E-state index contributed by atoms with van der Waals surface area (Å²) in [6, 6.07) is 0. The van der Waals surface area contributed by atoms with E-state index in [-0.39, 0.29) is 83.7 Å². The average molecular weight is 889 g/mol. The van der Waals surface area contributed by atoms with Crippen LogP contribution in [-0.2, 0) is 19.1 Å². The quantitative estimate of drug-likeness (QED) is 0.0769. The van der Waals surface area contributed by atoms with Crippen molar-refractivity contribution in [3.63, 3.8) is 0 Å². The molecule has 5 nitrogen and oxygen atoms in total. The van der Waals surface area contributed by atoms with E-state index >= 15 is 0 Å². The smallest absolute Gasteiger partial charge is 0.306 e. The Balaban J connectivity index is 5.83. The lowest BCUT2D eigenvalue weighted by atomic mass is 9.64. The zero-order valence-corrected chi connectivity index (χ0v) is 47.8. The highest BCUT2D eigenvalue weighted by molar-refractivity contribution is 5.71. The Kier molecular flexibility index (Phi) is 21.5. The van der Waals surface area contributed by atoms with E-state index in [1.54, 1.807) is 0 Å². The zero-order chi connectivity index (χ0) is 50.3. The summed E-state index contributed by atoms with van der Waals surface area (Å²) in [7, 11) is 0. The molecule has 2 unspecified atom stereocenters. The number of ether oxygens (including phenoxy) is 2. The Morgan fingerprint density at radius 2 is 0.841 bits per heavy atom. The first kappa shape index (κ1) is 61.5.